The maximum absolute atomic E-state index is 12.2. The molecule has 0 bridgehead atoms. The van der Waals surface area contributed by atoms with Crippen LogP contribution in [0.4, 0.5) is 13.2 Å². The molecule has 0 aliphatic rings. The van der Waals surface area contributed by atoms with E-state index in [1.54, 1.807) is 19.1 Å². The predicted octanol–water partition coefficient (Wildman–Crippen LogP) is 5.03. The highest BCUT2D eigenvalue weighted by molar-refractivity contribution is 7.22. The number of ether oxygens (including phenoxy) is 1. The molecule has 2 aromatic carbocycles. The second-order valence-electron chi connectivity index (χ2n) is 6.00. The van der Waals surface area contributed by atoms with E-state index in [-0.39, 0.29) is 5.75 Å². The molecule has 8 heteroatoms. The van der Waals surface area contributed by atoms with Crippen molar-refractivity contribution in [3.05, 3.63) is 54.1 Å². The van der Waals surface area contributed by atoms with Crippen LogP contribution in [-0.4, -0.2) is 23.5 Å². The number of carbonyl (C=O) groups is 1. The molecule has 4 nitrogen and oxygen atoms in total. The van der Waals surface area contributed by atoms with Crippen LogP contribution in [0.1, 0.15) is 12.5 Å². The Morgan fingerprint density at radius 1 is 1.19 bits per heavy atom. The lowest BCUT2D eigenvalue weighted by molar-refractivity contribution is -0.274. The molecule has 3 aromatic rings. The van der Waals surface area contributed by atoms with Gasteiger partial charge in [0.15, 0.2) is 0 Å². The molecule has 0 saturated carbocycles. The molecule has 0 saturated heterocycles. The summed E-state index contributed by atoms with van der Waals surface area (Å²) in [6.45, 7) is 2.01. The largest absolute Gasteiger partial charge is 0.573 e. The minimum absolute atomic E-state index is 0.256. The van der Waals surface area contributed by atoms with Gasteiger partial charge in [-0.2, -0.15) is 0 Å². The standard InChI is InChI=1S/C19H16F3NO3S/c1-11(18(24)25)23-10-12-2-7-16-14(8-12)9-17(27-16)13-3-5-15(6-4-13)26-19(20,21)22/h2-9,11,23H,10H2,1H3,(H,24,25). The topological polar surface area (TPSA) is 58.6 Å². The van der Waals surface area contributed by atoms with E-state index in [1.165, 1.54) is 23.5 Å². The molecular formula is C19H16F3NO3S. The normalized spacial score (nSPS) is 12.9. The Kier molecular flexibility index (Phi) is 5.38. The molecule has 1 aromatic heterocycles. The van der Waals surface area contributed by atoms with Crippen LogP contribution in [0.3, 0.4) is 0 Å². The first-order valence-corrected chi connectivity index (χ1v) is 8.88. The number of hydrogen-bond donors (Lipinski definition) is 2. The van der Waals surface area contributed by atoms with E-state index in [2.05, 4.69) is 10.1 Å². The van der Waals surface area contributed by atoms with Gasteiger partial charge in [-0.15, -0.1) is 24.5 Å². The smallest absolute Gasteiger partial charge is 0.480 e. The Morgan fingerprint density at radius 3 is 2.52 bits per heavy atom. The van der Waals surface area contributed by atoms with Crippen molar-refractivity contribution in [2.24, 2.45) is 0 Å². The first kappa shape index (κ1) is 19.2. The number of fused-ring (bicyclic) bond motifs is 1. The Morgan fingerprint density at radius 2 is 1.89 bits per heavy atom. The number of benzene rings is 2. The highest BCUT2D eigenvalue weighted by Gasteiger charge is 2.30. The molecule has 1 heterocycles. The number of alkyl halides is 3. The van der Waals surface area contributed by atoms with Crippen LogP contribution in [0, 0.1) is 0 Å². The molecule has 2 N–H and O–H groups in total. The maximum Gasteiger partial charge on any atom is 0.573 e. The summed E-state index contributed by atoms with van der Waals surface area (Å²) in [5, 5.41) is 12.8. The first-order valence-electron chi connectivity index (χ1n) is 8.06. The van der Waals surface area contributed by atoms with Crippen molar-refractivity contribution in [2.75, 3.05) is 0 Å². The van der Waals surface area contributed by atoms with Gasteiger partial charge < -0.3 is 15.2 Å². The van der Waals surface area contributed by atoms with Gasteiger partial charge in [0.2, 0.25) is 0 Å². The molecular weight excluding hydrogens is 379 g/mol. The van der Waals surface area contributed by atoms with Gasteiger partial charge in [-0.1, -0.05) is 6.07 Å². The molecule has 1 unspecified atom stereocenters. The van der Waals surface area contributed by atoms with Crippen LogP contribution in [0.2, 0.25) is 0 Å². The summed E-state index contributed by atoms with van der Waals surface area (Å²) in [5.41, 5.74) is 1.75. The lowest BCUT2D eigenvalue weighted by Gasteiger charge is -2.08. The number of aliphatic carboxylic acids is 1. The molecule has 0 amide bonds. The van der Waals surface area contributed by atoms with Crippen molar-refractivity contribution in [1.29, 1.82) is 0 Å². The summed E-state index contributed by atoms with van der Waals surface area (Å²) in [6.07, 6.45) is -4.71. The highest BCUT2D eigenvalue weighted by atomic mass is 32.1. The number of rotatable bonds is 6. The fourth-order valence-electron chi connectivity index (χ4n) is 2.52. The van der Waals surface area contributed by atoms with Gasteiger partial charge in [-0.3, -0.25) is 4.79 Å². The van der Waals surface area contributed by atoms with Crippen molar-refractivity contribution in [1.82, 2.24) is 5.32 Å². The zero-order valence-corrected chi connectivity index (χ0v) is 15.0. The number of thiophene rings is 1. The quantitative estimate of drug-likeness (QED) is 0.615. The van der Waals surface area contributed by atoms with E-state index in [0.29, 0.717) is 6.54 Å². The molecule has 1 atom stereocenters. The zero-order chi connectivity index (χ0) is 19.6. The summed E-state index contributed by atoms with van der Waals surface area (Å²) in [4.78, 5) is 11.8. The third kappa shape index (κ3) is 4.99. The second-order valence-corrected chi connectivity index (χ2v) is 7.08. The summed E-state index contributed by atoms with van der Waals surface area (Å²) < 4.78 is 41.6. The number of carboxylic acid groups (broad SMARTS) is 1. The Hall–Kier alpha value is -2.58. The zero-order valence-electron chi connectivity index (χ0n) is 14.2. The molecule has 0 aliphatic carbocycles. The minimum Gasteiger partial charge on any atom is -0.480 e. The van der Waals surface area contributed by atoms with Crippen molar-refractivity contribution < 1.29 is 27.8 Å². The summed E-state index contributed by atoms with van der Waals surface area (Å²) in [6, 6.07) is 12.9. The van der Waals surface area contributed by atoms with Crippen molar-refractivity contribution in [2.45, 2.75) is 25.9 Å². The summed E-state index contributed by atoms with van der Waals surface area (Å²) in [7, 11) is 0. The molecule has 0 aliphatic heterocycles. The van der Waals surface area contributed by atoms with Gasteiger partial charge in [0.1, 0.15) is 11.8 Å². The van der Waals surface area contributed by atoms with Gasteiger partial charge in [0.25, 0.3) is 0 Å². The van der Waals surface area contributed by atoms with Crippen LogP contribution in [-0.2, 0) is 11.3 Å². The van der Waals surface area contributed by atoms with Crippen molar-refractivity contribution in [3.63, 3.8) is 0 Å². The molecule has 3 rings (SSSR count). The minimum atomic E-state index is -4.71. The molecule has 0 spiro atoms. The van der Waals surface area contributed by atoms with Crippen LogP contribution in [0.15, 0.2) is 48.5 Å². The number of hydrogen-bond acceptors (Lipinski definition) is 4. The molecule has 0 fully saturated rings. The van der Waals surface area contributed by atoms with Gasteiger partial charge in [-0.25, -0.2) is 0 Å². The van der Waals surface area contributed by atoms with Gasteiger partial charge in [0, 0.05) is 16.1 Å². The molecule has 27 heavy (non-hydrogen) atoms. The van der Waals surface area contributed by atoms with Crippen molar-refractivity contribution >= 4 is 27.4 Å². The Labute approximate surface area is 157 Å². The van der Waals surface area contributed by atoms with Crippen LogP contribution in [0.5, 0.6) is 5.75 Å². The SMILES string of the molecule is CC(NCc1ccc2sc(-c3ccc(OC(F)(F)F)cc3)cc2c1)C(=O)O. The monoisotopic (exact) mass is 395 g/mol. The van der Waals surface area contributed by atoms with Crippen LogP contribution in [0.25, 0.3) is 20.5 Å². The van der Waals surface area contributed by atoms with Gasteiger partial charge >= 0.3 is 12.3 Å². The van der Waals surface area contributed by atoms with Crippen molar-refractivity contribution in [3.8, 4) is 16.2 Å². The van der Waals surface area contributed by atoms with E-state index in [0.717, 1.165) is 26.1 Å². The number of nitrogens with one attached hydrogen (secondary N) is 1. The fourth-order valence-corrected chi connectivity index (χ4v) is 3.57. The predicted molar refractivity (Wildman–Crippen MR) is 97.9 cm³/mol. The summed E-state index contributed by atoms with van der Waals surface area (Å²) >= 11 is 1.53. The molecule has 0 radical (unpaired) electrons. The van der Waals surface area contributed by atoms with Crippen LogP contribution < -0.4 is 10.1 Å². The average Bonchev–Trinajstić information content (AvgIpc) is 3.02. The van der Waals surface area contributed by atoms with Gasteiger partial charge in [-0.05, 0) is 65.9 Å². The van der Waals surface area contributed by atoms with E-state index in [9.17, 15) is 18.0 Å². The Bertz CT molecular complexity index is 951. The van der Waals surface area contributed by atoms with E-state index in [1.807, 2.05) is 24.3 Å². The number of halogens is 3. The number of carboxylic acids is 1. The van der Waals surface area contributed by atoms with E-state index < -0.39 is 18.4 Å². The lowest BCUT2D eigenvalue weighted by atomic mass is 10.1. The average molecular weight is 395 g/mol. The summed E-state index contributed by atoms with van der Waals surface area (Å²) in [5.74, 6) is -1.17. The van der Waals surface area contributed by atoms with Crippen LogP contribution >= 0.6 is 11.3 Å². The van der Waals surface area contributed by atoms with Gasteiger partial charge in [0.05, 0.1) is 0 Å². The maximum atomic E-state index is 12.2. The molecule has 142 valence electrons. The highest BCUT2D eigenvalue weighted by Crippen LogP contribution is 2.35. The fraction of sp³-hybridized carbons (Fsp3) is 0.211. The third-order valence-electron chi connectivity index (χ3n) is 3.94. The van der Waals surface area contributed by atoms with E-state index >= 15 is 0 Å². The second kappa shape index (κ2) is 7.58. The Balaban J connectivity index is 1.77. The first-order chi connectivity index (χ1) is 12.7. The lowest BCUT2D eigenvalue weighted by Crippen LogP contribution is -2.33. The van der Waals surface area contributed by atoms with E-state index in [4.69, 9.17) is 5.11 Å². The third-order valence-corrected chi connectivity index (χ3v) is 5.10.